The number of halogens is 1. The summed E-state index contributed by atoms with van der Waals surface area (Å²) in [7, 11) is 0. The maximum Gasteiger partial charge on any atom is 0.310 e. The first-order valence-corrected chi connectivity index (χ1v) is 4.66. The monoisotopic (exact) mass is 211 g/mol. The molecule has 82 valence electrons. The van der Waals surface area contributed by atoms with Crippen molar-refractivity contribution in [1.29, 1.82) is 0 Å². The average Bonchev–Trinajstić information content (AvgIpc) is 2.21. The number of benzene rings is 1. The molecule has 0 aliphatic heterocycles. The zero-order valence-corrected chi connectivity index (χ0v) is 8.53. The molecule has 0 saturated carbocycles. The molecule has 0 aliphatic rings. The summed E-state index contributed by atoms with van der Waals surface area (Å²) in [6, 6.07) is 6.14. The van der Waals surface area contributed by atoms with E-state index in [1.165, 1.54) is 13.0 Å². The molecule has 1 aromatic rings. The molecule has 0 amide bonds. The molecule has 15 heavy (non-hydrogen) atoms. The minimum atomic E-state index is -1.11. The lowest BCUT2D eigenvalue weighted by atomic mass is 9.83. The second kappa shape index (κ2) is 4.40. The van der Waals surface area contributed by atoms with Crippen LogP contribution in [-0.4, -0.2) is 17.6 Å². The Kier molecular flexibility index (Phi) is 3.42. The Morgan fingerprint density at radius 2 is 2.13 bits per heavy atom. The van der Waals surface area contributed by atoms with E-state index in [-0.39, 0.29) is 13.0 Å². The van der Waals surface area contributed by atoms with Gasteiger partial charge in [0.2, 0.25) is 0 Å². The van der Waals surface area contributed by atoms with Crippen molar-refractivity contribution >= 4 is 5.97 Å². The Hall–Kier alpha value is -1.42. The molecule has 0 aliphatic carbocycles. The van der Waals surface area contributed by atoms with E-state index in [2.05, 4.69) is 0 Å². The third-order valence-corrected chi connectivity index (χ3v) is 2.51. The number of carboxylic acids is 1. The first kappa shape index (κ1) is 11.7. The van der Waals surface area contributed by atoms with E-state index in [1.807, 2.05) is 0 Å². The van der Waals surface area contributed by atoms with Gasteiger partial charge >= 0.3 is 5.97 Å². The fourth-order valence-electron chi connectivity index (χ4n) is 1.30. The van der Waals surface area contributed by atoms with E-state index >= 15 is 0 Å². The Balaban J connectivity index is 2.94. The third-order valence-electron chi connectivity index (χ3n) is 2.51. The second-order valence-electron chi connectivity index (χ2n) is 3.84. The predicted octanol–water partition coefficient (Wildman–Crippen LogP) is 1.42. The summed E-state index contributed by atoms with van der Waals surface area (Å²) in [5.74, 6) is -1.40. The van der Waals surface area contributed by atoms with Crippen LogP contribution in [0.15, 0.2) is 24.3 Å². The molecule has 0 saturated heterocycles. The maximum atomic E-state index is 13.3. The van der Waals surface area contributed by atoms with Crippen LogP contribution in [0.2, 0.25) is 0 Å². The van der Waals surface area contributed by atoms with Gasteiger partial charge < -0.3 is 10.8 Å². The summed E-state index contributed by atoms with van der Waals surface area (Å²) >= 11 is 0. The SMILES string of the molecule is C[C@](CN)(Cc1ccccc1F)C(=O)O. The number of nitrogens with two attached hydrogens (primary N) is 1. The van der Waals surface area contributed by atoms with Crippen molar-refractivity contribution in [3.63, 3.8) is 0 Å². The number of aliphatic carboxylic acids is 1. The number of carboxylic acid groups (broad SMARTS) is 1. The van der Waals surface area contributed by atoms with Crippen molar-refractivity contribution in [2.24, 2.45) is 11.1 Å². The molecule has 3 N–H and O–H groups in total. The van der Waals surface area contributed by atoms with Gasteiger partial charge in [0, 0.05) is 6.54 Å². The molecule has 0 unspecified atom stereocenters. The molecule has 0 bridgehead atoms. The summed E-state index contributed by atoms with van der Waals surface area (Å²) in [4.78, 5) is 11.0. The molecule has 1 atom stereocenters. The molecule has 0 aromatic heterocycles. The van der Waals surface area contributed by atoms with Gasteiger partial charge in [-0.1, -0.05) is 18.2 Å². The lowest BCUT2D eigenvalue weighted by Gasteiger charge is -2.22. The Morgan fingerprint density at radius 3 is 2.60 bits per heavy atom. The zero-order valence-electron chi connectivity index (χ0n) is 8.53. The second-order valence-corrected chi connectivity index (χ2v) is 3.84. The maximum absolute atomic E-state index is 13.3. The van der Waals surface area contributed by atoms with Gasteiger partial charge in [-0.2, -0.15) is 0 Å². The molecule has 0 radical (unpaired) electrons. The van der Waals surface area contributed by atoms with Gasteiger partial charge in [0.1, 0.15) is 5.82 Å². The van der Waals surface area contributed by atoms with Crippen LogP contribution in [0.4, 0.5) is 4.39 Å². The number of rotatable bonds is 4. The third kappa shape index (κ3) is 2.53. The first-order valence-electron chi connectivity index (χ1n) is 4.66. The topological polar surface area (TPSA) is 63.3 Å². The van der Waals surface area contributed by atoms with Gasteiger partial charge in [-0.15, -0.1) is 0 Å². The molecule has 0 heterocycles. The molecule has 0 spiro atoms. The first-order chi connectivity index (χ1) is 6.99. The predicted molar refractivity (Wildman–Crippen MR) is 54.9 cm³/mol. The molecule has 3 nitrogen and oxygen atoms in total. The van der Waals surface area contributed by atoms with Crippen molar-refractivity contribution in [1.82, 2.24) is 0 Å². The summed E-state index contributed by atoms with van der Waals surface area (Å²) in [6.45, 7) is 1.50. The van der Waals surface area contributed by atoms with Crippen molar-refractivity contribution in [3.05, 3.63) is 35.6 Å². The number of carbonyl (C=O) groups is 1. The van der Waals surface area contributed by atoms with E-state index in [0.717, 1.165) is 0 Å². The van der Waals surface area contributed by atoms with Crippen LogP contribution in [0.25, 0.3) is 0 Å². The highest BCUT2D eigenvalue weighted by Gasteiger charge is 2.32. The van der Waals surface area contributed by atoms with Crippen molar-refractivity contribution in [2.75, 3.05) is 6.54 Å². The van der Waals surface area contributed by atoms with Crippen molar-refractivity contribution < 1.29 is 14.3 Å². The van der Waals surface area contributed by atoms with E-state index < -0.39 is 17.2 Å². The Morgan fingerprint density at radius 1 is 1.53 bits per heavy atom. The average molecular weight is 211 g/mol. The fourth-order valence-corrected chi connectivity index (χ4v) is 1.30. The summed E-state index contributed by atoms with van der Waals surface area (Å²) in [6.07, 6.45) is 0.103. The van der Waals surface area contributed by atoms with Crippen LogP contribution < -0.4 is 5.73 Å². The van der Waals surface area contributed by atoms with Gasteiger partial charge in [0.25, 0.3) is 0 Å². The van der Waals surface area contributed by atoms with Gasteiger partial charge in [-0.3, -0.25) is 4.79 Å². The molecule has 0 fully saturated rings. The number of hydrogen-bond donors (Lipinski definition) is 2. The smallest absolute Gasteiger partial charge is 0.310 e. The van der Waals surface area contributed by atoms with Crippen LogP contribution in [0.1, 0.15) is 12.5 Å². The van der Waals surface area contributed by atoms with Crippen LogP contribution in [0.3, 0.4) is 0 Å². The van der Waals surface area contributed by atoms with Gasteiger partial charge in [-0.25, -0.2) is 4.39 Å². The normalized spacial score (nSPS) is 14.6. The van der Waals surface area contributed by atoms with E-state index in [9.17, 15) is 9.18 Å². The lowest BCUT2D eigenvalue weighted by Crippen LogP contribution is -2.37. The van der Waals surface area contributed by atoms with Crippen LogP contribution in [0.5, 0.6) is 0 Å². The highest BCUT2D eigenvalue weighted by Crippen LogP contribution is 2.23. The number of hydrogen-bond acceptors (Lipinski definition) is 2. The summed E-state index contributed by atoms with van der Waals surface area (Å²) in [5, 5.41) is 8.98. The molecule has 4 heteroatoms. The van der Waals surface area contributed by atoms with Crippen LogP contribution in [-0.2, 0) is 11.2 Å². The van der Waals surface area contributed by atoms with Gasteiger partial charge in [0.15, 0.2) is 0 Å². The van der Waals surface area contributed by atoms with E-state index in [0.29, 0.717) is 5.56 Å². The Labute approximate surface area is 87.7 Å². The molecular weight excluding hydrogens is 197 g/mol. The highest BCUT2D eigenvalue weighted by atomic mass is 19.1. The zero-order chi connectivity index (χ0) is 11.5. The quantitative estimate of drug-likeness (QED) is 0.791. The Bertz CT molecular complexity index is 367. The standard InChI is InChI=1S/C11H14FNO2/c1-11(7-13,10(14)15)6-8-4-2-3-5-9(8)12/h2-5H,6-7,13H2,1H3,(H,14,15)/t11-/m1/s1. The fraction of sp³-hybridized carbons (Fsp3) is 0.364. The van der Waals surface area contributed by atoms with Crippen molar-refractivity contribution in [3.8, 4) is 0 Å². The molecule has 1 rings (SSSR count). The lowest BCUT2D eigenvalue weighted by molar-refractivity contribution is -0.147. The minimum absolute atomic E-state index is 0.0172. The van der Waals surface area contributed by atoms with Crippen LogP contribution in [0, 0.1) is 11.2 Å². The summed E-state index contributed by atoms with van der Waals surface area (Å²) in [5.41, 5.74) is 4.68. The summed E-state index contributed by atoms with van der Waals surface area (Å²) < 4.78 is 13.3. The minimum Gasteiger partial charge on any atom is -0.481 e. The highest BCUT2D eigenvalue weighted by molar-refractivity contribution is 5.74. The molecular formula is C11H14FNO2. The van der Waals surface area contributed by atoms with Gasteiger partial charge in [0.05, 0.1) is 5.41 Å². The molecule has 1 aromatic carbocycles. The van der Waals surface area contributed by atoms with E-state index in [4.69, 9.17) is 10.8 Å². The van der Waals surface area contributed by atoms with Crippen LogP contribution >= 0.6 is 0 Å². The van der Waals surface area contributed by atoms with E-state index in [1.54, 1.807) is 18.2 Å². The van der Waals surface area contributed by atoms with Gasteiger partial charge in [-0.05, 0) is 25.0 Å². The van der Waals surface area contributed by atoms with Crippen molar-refractivity contribution in [2.45, 2.75) is 13.3 Å². The largest absolute Gasteiger partial charge is 0.481 e.